The van der Waals surface area contributed by atoms with E-state index in [2.05, 4.69) is 45.7 Å². The number of rotatable bonds is 14. The van der Waals surface area contributed by atoms with Gasteiger partial charge in [-0.15, -0.1) is 34.0 Å². The summed E-state index contributed by atoms with van der Waals surface area (Å²) in [7, 11) is 0. The zero-order valence-corrected chi connectivity index (χ0v) is 32.3. The van der Waals surface area contributed by atoms with Crippen molar-refractivity contribution in [3.8, 4) is 0 Å². The summed E-state index contributed by atoms with van der Waals surface area (Å²) in [6.07, 6.45) is 15.7. The van der Waals surface area contributed by atoms with Crippen molar-refractivity contribution in [1.29, 1.82) is 0 Å². The standard InChI is InChI=1S/C36H36Br2N4O2S3/c1-3-5-7-9-11-13-15-19-20(16-14-12-10-8-6-4-2)26-28-27-25(19)35(43)41-21-17-23(37)45-33(21)39-31(41)29(27)47-30(28)32-40-34-22(18-24(38)46-34)42(32)36(26)44/h17-18H,3-16H2,1-2H3. The number of halogens is 2. The van der Waals surface area contributed by atoms with Crippen LogP contribution in [0.5, 0.6) is 0 Å². The van der Waals surface area contributed by atoms with Crippen molar-refractivity contribution in [1.82, 2.24) is 18.8 Å². The number of imidazole rings is 2. The Labute approximate surface area is 300 Å². The van der Waals surface area contributed by atoms with Crippen molar-refractivity contribution in [3.63, 3.8) is 0 Å². The van der Waals surface area contributed by atoms with E-state index in [1.54, 1.807) is 34.0 Å². The van der Waals surface area contributed by atoms with Gasteiger partial charge in [-0.2, -0.15) is 0 Å². The molecule has 11 heteroatoms. The van der Waals surface area contributed by atoms with E-state index < -0.39 is 0 Å². The normalized spacial score (nSPS) is 12.8. The molecule has 7 aromatic heterocycles. The monoisotopic (exact) mass is 810 g/mol. The van der Waals surface area contributed by atoms with Crippen LogP contribution < -0.4 is 11.1 Å². The van der Waals surface area contributed by atoms with Crippen LogP contribution in [0.15, 0.2) is 29.3 Å². The first-order chi connectivity index (χ1) is 22.9. The molecule has 0 atom stereocenters. The minimum absolute atomic E-state index is 0.00680. The highest BCUT2D eigenvalue weighted by molar-refractivity contribution is 9.11. The van der Waals surface area contributed by atoms with Crippen molar-refractivity contribution in [2.45, 2.75) is 104 Å². The van der Waals surface area contributed by atoms with Gasteiger partial charge in [0, 0.05) is 10.8 Å². The first-order valence-electron chi connectivity index (χ1n) is 17.0. The molecule has 8 aromatic rings. The average Bonchev–Trinajstić information content (AvgIpc) is 3.84. The first kappa shape index (κ1) is 32.0. The van der Waals surface area contributed by atoms with E-state index >= 15 is 0 Å². The van der Waals surface area contributed by atoms with Gasteiger partial charge < -0.3 is 0 Å². The lowest BCUT2D eigenvalue weighted by atomic mass is 9.87. The number of aryl methyl sites for hydroxylation is 2. The summed E-state index contributed by atoms with van der Waals surface area (Å²) in [5.74, 6) is 0. The summed E-state index contributed by atoms with van der Waals surface area (Å²) >= 11 is 12.0. The second kappa shape index (κ2) is 12.9. The molecule has 6 nitrogen and oxygen atoms in total. The highest BCUT2D eigenvalue weighted by atomic mass is 79.9. The van der Waals surface area contributed by atoms with Gasteiger partial charge in [0.15, 0.2) is 11.3 Å². The van der Waals surface area contributed by atoms with Crippen LogP contribution in [0.4, 0.5) is 0 Å². The highest BCUT2D eigenvalue weighted by Crippen LogP contribution is 2.47. The average molecular weight is 813 g/mol. The summed E-state index contributed by atoms with van der Waals surface area (Å²) in [6.45, 7) is 4.49. The molecule has 0 saturated heterocycles. The molecule has 0 aliphatic heterocycles. The Balaban J connectivity index is 1.45. The molecular weight excluding hydrogens is 776 g/mol. The number of benzene rings is 1. The van der Waals surface area contributed by atoms with E-state index in [1.165, 1.54) is 51.4 Å². The largest absolute Gasteiger partial charge is 0.268 e. The Morgan fingerprint density at radius 2 is 0.979 bits per heavy atom. The number of hydrogen-bond donors (Lipinski definition) is 0. The van der Waals surface area contributed by atoms with Crippen LogP contribution in [-0.2, 0) is 12.8 Å². The number of thiophene rings is 3. The Morgan fingerprint density at radius 3 is 1.40 bits per heavy atom. The molecule has 0 aliphatic carbocycles. The number of pyridine rings is 2. The lowest BCUT2D eigenvalue weighted by molar-refractivity contribution is 0.600. The molecule has 8 rings (SSSR count). The van der Waals surface area contributed by atoms with Crippen LogP contribution in [0.1, 0.15) is 102 Å². The van der Waals surface area contributed by atoms with Crippen molar-refractivity contribution in [2.24, 2.45) is 0 Å². The lowest BCUT2D eigenvalue weighted by Crippen LogP contribution is -2.19. The maximum atomic E-state index is 14.9. The molecule has 0 amide bonds. The Bertz CT molecular complexity index is 2370. The van der Waals surface area contributed by atoms with Gasteiger partial charge in [-0.25, -0.2) is 9.97 Å². The molecule has 0 N–H and O–H groups in total. The van der Waals surface area contributed by atoms with Crippen LogP contribution in [0.2, 0.25) is 0 Å². The van der Waals surface area contributed by atoms with Gasteiger partial charge in [0.05, 0.1) is 38.8 Å². The maximum Gasteiger partial charge on any atom is 0.265 e. The number of fused-ring (bicyclic) bond motifs is 8. The number of hydrogen-bond acceptors (Lipinski definition) is 7. The third-order valence-electron chi connectivity index (χ3n) is 9.82. The molecule has 0 aliphatic rings. The number of aromatic nitrogens is 4. The lowest BCUT2D eigenvalue weighted by Gasteiger charge is -2.17. The number of nitrogens with zero attached hydrogens (tertiary/aromatic N) is 4. The van der Waals surface area contributed by atoms with Crippen molar-refractivity contribution >= 4 is 129 Å². The minimum Gasteiger partial charge on any atom is -0.268 e. The molecular formula is C36H36Br2N4O2S3. The fraction of sp³-hybridized carbons (Fsp3) is 0.444. The summed E-state index contributed by atoms with van der Waals surface area (Å²) in [4.78, 5) is 41.5. The minimum atomic E-state index is -0.00680. The molecule has 7 heterocycles. The Kier molecular flexibility index (Phi) is 8.82. The quantitative estimate of drug-likeness (QED) is 0.0810. The number of unbranched alkanes of at least 4 members (excludes halogenated alkanes) is 10. The summed E-state index contributed by atoms with van der Waals surface area (Å²) < 4.78 is 7.57. The van der Waals surface area contributed by atoms with Crippen LogP contribution in [-0.4, -0.2) is 18.8 Å². The van der Waals surface area contributed by atoms with Crippen LogP contribution >= 0.6 is 65.9 Å². The van der Waals surface area contributed by atoms with Gasteiger partial charge in [-0.05, 0) is 80.8 Å². The fourth-order valence-corrected chi connectivity index (χ4v) is 11.8. The first-order valence-corrected chi connectivity index (χ1v) is 21.1. The highest BCUT2D eigenvalue weighted by Gasteiger charge is 2.30. The van der Waals surface area contributed by atoms with Gasteiger partial charge in [0.2, 0.25) is 0 Å². The van der Waals surface area contributed by atoms with Gasteiger partial charge in [0.1, 0.15) is 9.66 Å². The predicted molar refractivity (Wildman–Crippen MR) is 210 cm³/mol. The zero-order chi connectivity index (χ0) is 32.4. The van der Waals surface area contributed by atoms with E-state index in [-0.39, 0.29) is 11.1 Å². The Hall–Kier alpha value is -2.18. The van der Waals surface area contributed by atoms with Crippen LogP contribution in [0.25, 0.3) is 62.9 Å². The predicted octanol–water partition coefficient (Wildman–Crippen LogP) is 11.9. The molecule has 1 aromatic carbocycles. The summed E-state index contributed by atoms with van der Waals surface area (Å²) in [5.41, 5.74) is 5.24. The van der Waals surface area contributed by atoms with Crippen molar-refractivity contribution in [2.75, 3.05) is 0 Å². The second-order valence-electron chi connectivity index (χ2n) is 12.9. The van der Waals surface area contributed by atoms with Gasteiger partial charge in [-0.1, -0.05) is 78.1 Å². The third kappa shape index (κ3) is 5.16. The fourth-order valence-electron chi connectivity index (χ4n) is 7.64. The SMILES string of the molecule is CCCCCCCCc1c(CCCCCCCC)c2c(=O)n3c4cc(Br)sc4nc3c3sc4c(c1c(=O)n1c5cc(Br)sc5nc41)c23. The van der Waals surface area contributed by atoms with Gasteiger partial charge in [0.25, 0.3) is 11.1 Å². The smallest absolute Gasteiger partial charge is 0.265 e. The second-order valence-corrected chi connectivity index (χ2v) is 18.7. The molecule has 244 valence electrons. The van der Waals surface area contributed by atoms with E-state index in [0.29, 0.717) is 11.3 Å². The van der Waals surface area contributed by atoms with Gasteiger partial charge in [-0.3, -0.25) is 18.4 Å². The van der Waals surface area contributed by atoms with E-state index in [9.17, 15) is 9.59 Å². The topological polar surface area (TPSA) is 68.7 Å². The maximum absolute atomic E-state index is 14.9. The zero-order valence-electron chi connectivity index (χ0n) is 26.6. The van der Waals surface area contributed by atoms with Gasteiger partial charge >= 0.3 is 0 Å². The molecule has 0 spiro atoms. The summed E-state index contributed by atoms with van der Waals surface area (Å²) in [5, 5.41) is 3.44. The molecule has 0 saturated carbocycles. The summed E-state index contributed by atoms with van der Waals surface area (Å²) in [6, 6.07) is 4.04. The Morgan fingerprint density at radius 1 is 0.574 bits per heavy atom. The molecule has 0 radical (unpaired) electrons. The molecule has 0 unspecified atom stereocenters. The van der Waals surface area contributed by atoms with Crippen LogP contribution in [0.3, 0.4) is 0 Å². The molecule has 47 heavy (non-hydrogen) atoms. The van der Waals surface area contributed by atoms with E-state index in [4.69, 9.17) is 9.97 Å². The third-order valence-corrected chi connectivity index (χ3v) is 14.0. The van der Waals surface area contributed by atoms with Crippen molar-refractivity contribution in [3.05, 3.63) is 51.5 Å². The van der Waals surface area contributed by atoms with Crippen molar-refractivity contribution < 1.29 is 0 Å². The molecule has 0 fully saturated rings. The molecule has 0 bridgehead atoms. The van der Waals surface area contributed by atoms with E-state index in [1.807, 2.05) is 20.9 Å². The van der Waals surface area contributed by atoms with Crippen LogP contribution in [0, 0.1) is 0 Å². The van der Waals surface area contributed by atoms with E-state index in [0.717, 1.165) is 109 Å².